The lowest BCUT2D eigenvalue weighted by molar-refractivity contribution is 0.307. The van der Waals surface area contributed by atoms with Crippen molar-refractivity contribution in [3.63, 3.8) is 0 Å². The highest BCUT2D eigenvalue weighted by molar-refractivity contribution is 9.10. The van der Waals surface area contributed by atoms with Crippen LogP contribution in [0.3, 0.4) is 0 Å². The smallest absolute Gasteiger partial charge is 0.119 e. The summed E-state index contributed by atoms with van der Waals surface area (Å²) in [7, 11) is 0. The quantitative estimate of drug-likeness (QED) is 0.749. The topological polar surface area (TPSA) is 21.3 Å². The third-order valence-corrected chi connectivity index (χ3v) is 5.51. The molecule has 2 aromatic rings. The van der Waals surface area contributed by atoms with Gasteiger partial charge in [-0.1, -0.05) is 22.0 Å². The van der Waals surface area contributed by atoms with Gasteiger partial charge in [0.15, 0.2) is 0 Å². The van der Waals surface area contributed by atoms with Gasteiger partial charge < -0.3 is 10.1 Å². The molecule has 2 nitrogen and oxygen atoms in total. The summed E-state index contributed by atoms with van der Waals surface area (Å²) in [6, 6.07) is 8.76. The molecule has 4 heteroatoms. The Morgan fingerprint density at radius 1 is 1.30 bits per heavy atom. The number of thiophene rings is 1. The molecule has 1 atom stereocenters. The van der Waals surface area contributed by atoms with Gasteiger partial charge in [-0.2, -0.15) is 0 Å². The maximum Gasteiger partial charge on any atom is 0.119 e. The van der Waals surface area contributed by atoms with Crippen molar-refractivity contribution in [1.82, 2.24) is 5.32 Å². The predicted octanol–water partition coefficient (Wildman–Crippen LogP) is 4.86. The minimum absolute atomic E-state index is 0.381. The SMILES string of the molecule is Cc1cc(OCCNC(C)c2cccs2)cc(C)c1Br. The summed E-state index contributed by atoms with van der Waals surface area (Å²) >= 11 is 5.35. The highest BCUT2D eigenvalue weighted by Gasteiger charge is 2.06. The average molecular weight is 354 g/mol. The van der Waals surface area contributed by atoms with Crippen LogP contribution in [0.4, 0.5) is 0 Å². The molecule has 1 N–H and O–H groups in total. The van der Waals surface area contributed by atoms with Crippen molar-refractivity contribution in [3.8, 4) is 5.75 Å². The molecule has 1 unspecified atom stereocenters. The van der Waals surface area contributed by atoms with E-state index in [1.165, 1.54) is 16.0 Å². The number of benzene rings is 1. The summed E-state index contributed by atoms with van der Waals surface area (Å²) in [5.74, 6) is 0.939. The van der Waals surface area contributed by atoms with Gasteiger partial charge in [-0.05, 0) is 55.5 Å². The number of ether oxygens (including phenoxy) is 1. The Morgan fingerprint density at radius 3 is 2.60 bits per heavy atom. The van der Waals surface area contributed by atoms with Gasteiger partial charge in [-0.25, -0.2) is 0 Å². The monoisotopic (exact) mass is 353 g/mol. The molecule has 1 heterocycles. The van der Waals surface area contributed by atoms with Crippen LogP contribution in [0.2, 0.25) is 0 Å². The Morgan fingerprint density at radius 2 is 2.00 bits per heavy atom. The van der Waals surface area contributed by atoms with Crippen molar-refractivity contribution in [2.75, 3.05) is 13.2 Å². The zero-order valence-corrected chi connectivity index (χ0v) is 14.5. The van der Waals surface area contributed by atoms with Crippen LogP contribution in [0.25, 0.3) is 0 Å². The van der Waals surface area contributed by atoms with Crippen LogP contribution in [0.1, 0.15) is 29.0 Å². The fourth-order valence-corrected chi connectivity index (χ4v) is 3.06. The lowest BCUT2D eigenvalue weighted by Crippen LogP contribution is -2.23. The van der Waals surface area contributed by atoms with E-state index in [4.69, 9.17) is 4.74 Å². The summed E-state index contributed by atoms with van der Waals surface area (Å²) in [4.78, 5) is 1.36. The van der Waals surface area contributed by atoms with Gasteiger partial charge in [0.2, 0.25) is 0 Å². The molecule has 0 bridgehead atoms. The van der Waals surface area contributed by atoms with Crippen molar-refractivity contribution in [2.45, 2.75) is 26.8 Å². The van der Waals surface area contributed by atoms with Gasteiger partial charge in [-0.3, -0.25) is 0 Å². The van der Waals surface area contributed by atoms with Gasteiger partial charge in [-0.15, -0.1) is 11.3 Å². The van der Waals surface area contributed by atoms with Crippen LogP contribution >= 0.6 is 27.3 Å². The largest absolute Gasteiger partial charge is 0.492 e. The fraction of sp³-hybridized carbons (Fsp3) is 0.375. The van der Waals surface area contributed by atoms with Crippen molar-refractivity contribution in [2.24, 2.45) is 0 Å². The molecule has 0 spiro atoms. The minimum Gasteiger partial charge on any atom is -0.492 e. The minimum atomic E-state index is 0.381. The first-order valence-electron chi connectivity index (χ1n) is 6.74. The highest BCUT2D eigenvalue weighted by atomic mass is 79.9. The second-order valence-corrected chi connectivity index (χ2v) is 6.68. The summed E-state index contributed by atoms with van der Waals surface area (Å²) in [6.07, 6.45) is 0. The average Bonchev–Trinajstić information content (AvgIpc) is 2.94. The van der Waals surface area contributed by atoms with Crippen molar-refractivity contribution < 1.29 is 4.74 Å². The molecule has 0 radical (unpaired) electrons. The molecule has 0 fully saturated rings. The Kier molecular flexibility index (Phi) is 5.64. The standard InChI is InChI=1S/C16H20BrNOS/c1-11-9-14(10-12(2)16(11)17)19-7-6-18-13(3)15-5-4-8-20-15/h4-5,8-10,13,18H,6-7H2,1-3H3. The van der Waals surface area contributed by atoms with Crippen molar-refractivity contribution >= 4 is 27.3 Å². The van der Waals surface area contributed by atoms with Crippen LogP contribution in [0, 0.1) is 13.8 Å². The van der Waals surface area contributed by atoms with E-state index in [0.29, 0.717) is 12.6 Å². The first-order valence-corrected chi connectivity index (χ1v) is 8.41. The number of rotatable bonds is 6. The maximum atomic E-state index is 5.81. The molecule has 0 aliphatic heterocycles. The number of hydrogen-bond donors (Lipinski definition) is 1. The van der Waals surface area contributed by atoms with E-state index in [2.05, 4.69) is 71.7 Å². The third-order valence-electron chi connectivity index (χ3n) is 3.20. The van der Waals surface area contributed by atoms with Gasteiger partial charge >= 0.3 is 0 Å². The molecule has 0 aliphatic carbocycles. The molecular formula is C16H20BrNOS. The first kappa shape index (κ1) is 15.5. The van der Waals surface area contributed by atoms with Gasteiger partial charge in [0.25, 0.3) is 0 Å². The number of aryl methyl sites for hydroxylation is 2. The summed E-state index contributed by atoms with van der Waals surface area (Å²) in [6.45, 7) is 7.87. The Balaban J connectivity index is 1.79. The highest BCUT2D eigenvalue weighted by Crippen LogP contribution is 2.26. The molecule has 2 rings (SSSR count). The normalized spacial score (nSPS) is 12.4. The third kappa shape index (κ3) is 4.08. The number of halogens is 1. The molecule has 0 aliphatic rings. The molecule has 0 saturated heterocycles. The fourth-order valence-electron chi connectivity index (χ4n) is 2.07. The molecule has 20 heavy (non-hydrogen) atoms. The molecule has 1 aromatic carbocycles. The van der Waals surface area contributed by atoms with E-state index in [1.807, 2.05) is 0 Å². The van der Waals surface area contributed by atoms with Gasteiger partial charge in [0.05, 0.1) is 0 Å². The van der Waals surface area contributed by atoms with Crippen molar-refractivity contribution in [1.29, 1.82) is 0 Å². The summed E-state index contributed by atoms with van der Waals surface area (Å²) in [5.41, 5.74) is 2.42. The van der Waals surface area contributed by atoms with Crippen molar-refractivity contribution in [3.05, 3.63) is 50.1 Å². The van der Waals surface area contributed by atoms with Crippen LogP contribution in [0.5, 0.6) is 5.75 Å². The Bertz CT molecular complexity index is 531. The van der Waals surface area contributed by atoms with E-state index in [0.717, 1.165) is 16.8 Å². The molecule has 0 saturated carbocycles. The molecular weight excluding hydrogens is 334 g/mol. The van der Waals surface area contributed by atoms with Gasteiger partial charge in [0, 0.05) is 21.9 Å². The summed E-state index contributed by atoms with van der Waals surface area (Å²) < 4.78 is 6.97. The van der Waals surface area contributed by atoms with Crippen LogP contribution in [-0.4, -0.2) is 13.2 Å². The van der Waals surface area contributed by atoms with Crippen LogP contribution < -0.4 is 10.1 Å². The van der Waals surface area contributed by atoms with E-state index >= 15 is 0 Å². The number of hydrogen-bond acceptors (Lipinski definition) is 3. The predicted molar refractivity (Wildman–Crippen MR) is 89.8 cm³/mol. The van der Waals surface area contributed by atoms with Crippen LogP contribution in [0.15, 0.2) is 34.1 Å². The second-order valence-electron chi connectivity index (χ2n) is 4.91. The molecule has 108 valence electrons. The molecule has 1 aromatic heterocycles. The van der Waals surface area contributed by atoms with Gasteiger partial charge in [0.1, 0.15) is 12.4 Å². The lowest BCUT2D eigenvalue weighted by Gasteiger charge is -2.14. The van der Waals surface area contributed by atoms with Crippen LogP contribution in [-0.2, 0) is 0 Å². The second kappa shape index (κ2) is 7.25. The Hall–Kier alpha value is -0.840. The zero-order valence-electron chi connectivity index (χ0n) is 12.1. The first-order chi connectivity index (χ1) is 9.58. The van der Waals surface area contributed by atoms with E-state index in [-0.39, 0.29) is 0 Å². The zero-order chi connectivity index (χ0) is 14.5. The van der Waals surface area contributed by atoms with E-state index in [9.17, 15) is 0 Å². The number of nitrogens with one attached hydrogen (secondary N) is 1. The molecule has 0 amide bonds. The Labute approximate surface area is 133 Å². The summed E-state index contributed by atoms with van der Waals surface area (Å²) in [5, 5.41) is 5.58. The van der Waals surface area contributed by atoms with E-state index in [1.54, 1.807) is 11.3 Å². The van der Waals surface area contributed by atoms with E-state index < -0.39 is 0 Å². The lowest BCUT2D eigenvalue weighted by atomic mass is 10.1. The maximum absolute atomic E-state index is 5.81.